The molecule has 2 heterocycles. The van der Waals surface area contributed by atoms with Crippen LogP contribution >= 0.6 is 22.9 Å². The molecule has 5 heteroatoms. The van der Waals surface area contributed by atoms with Gasteiger partial charge in [-0.15, -0.1) is 0 Å². The Morgan fingerprint density at radius 2 is 1.65 bits per heavy atom. The van der Waals surface area contributed by atoms with E-state index in [9.17, 15) is 8.78 Å². The molecule has 2 aliphatic heterocycles. The summed E-state index contributed by atoms with van der Waals surface area (Å²) in [4.78, 5) is 1.99. The van der Waals surface area contributed by atoms with Gasteiger partial charge < -0.3 is 0 Å². The van der Waals surface area contributed by atoms with Crippen LogP contribution < -0.4 is 0 Å². The molecule has 17 heavy (non-hydrogen) atoms. The van der Waals surface area contributed by atoms with Crippen LogP contribution in [0, 0.1) is 11.8 Å². The normalized spacial score (nSPS) is 38.5. The lowest BCUT2D eigenvalue weighted by Gasteiger charge is -2.38. The Morgan fingerprint density at radius 1 is 1.12 bits per heavy atom. The second-order valence-corrected chi connectivity index (χ2v) is 6.83. The number of likely N-dealkylation sites (tertiary alicyclic amines) is 1. The molecule has 0 aromatic heterocycles. The van der Waals surface area contributed by atoms with Crippen molar-refractivity contribution >= 4 is 22.9 Å². The number of rotatable bonds is 2. The van der Waals surface area contributed by atoms with Crippen molar-refractivity contribution in [3.63, 3.8) is 0 Å². The van der Waals surface area contributed by atoms with Crippen LogP contribution in [0.1, 0.15) is 19.8 Å². The van der Waals surface area contributed by atoms with Crippen molar-refractivity contribution in [1.82, 2.24) is 8.01 Å². The highest BCUT2D eigenvalue weighted by Gasteiger charge is 2.35. The molecule has 0 aliphatic carbocycles. The molecule has 2 saturated heterocycles. The third-order valence-electron chi connectivity index (χ3n) is 4.08. The molecule has 100 valence electrons. The zero-order valence-electron chi connectivity index (χ0n) is 10.3. The fraction of sp³-hybridized carbons (Fsp3) is 1.00. The number of hydrogen-bond donors (Lipinski definition) is 0. The fourth-order valence-corrected chi connectivity index (χ4v) is 3.28. The summed E-state index contributed by atoms with van der Waals surface area (Å²) in [5.74, 6) is 0.191. The van der Waals surface area contributed by atoms with Gasteiger partial charge in [0.15, 0.2) is 0 Å². The van der Waals surface area contributed by atoms with E-state index in [-0.39, 0.29) is 0 Å². The predicted molar refractivity (Wildman–Crippen MR) is 73.7 cm³/mol. The minimum Gasteiger partial charge on any atom is -0.297 e. The van der Waals surface area contributed by atoms with Gasteiger partial charge in [0.05, 0.1) is 0 Å². The Labute approximate surface area is 116 Å². The van der Waals surface area contributed by atoms with Crippen molar-refractivity contribution in [1.29, 1.82) is 0 Å². The van der Waals surface area contributed by atoms with Gasteiger partial charge in [0.25, 0.3) is 0 Å². The molecule has 2 rings (SSSR count). The molecule has 2 aliphatic rings. The molecular weight excluding hydrogens is 337 g/mol. The highest BCUT2D eigenvalue weighted by molar-refractivity contribution is 14.1. The van der Waals surface area contributed by atoms with Crippen LogP contribution in [0.25, 0.3) is 0 Å². The van der Waals surface area contributed by atoms with Gasteiger partial charge in [-0.2, -0.15) is 0 Å². The third kappa shape index (κ3) is 3.73. The van der Waals surface area contributed by atoms with Crippen molar-refractivity contribution in [2.24, 2.45) is 11.8 Å². The first kappa shape index (κ1) is 13.9. The molecule has 2 nitrogen and oxygen atoms in total. The summed E-state index contributed by atoms with van der Waals surface area (Å²) < 4.78 is 29.5. The van der Waals surface area contributed by atoms with E-state index in [1.807, 2.05) is 4.90 Å². The third-order valence-corrected chi connectivity index (χ3v) is 5.05. The van der Waals surface area contributed by atoms with Crippen LogP contribution in [0.4, 0.5) is 8.78 Å². The number of hydrogen-bond acceptors (Lipinski definition) is 2. The van der Waals surface area contributed by atoms with Gasteiger partial charge in [0.2, 0.25) is 0 Å². The average Bonchev–Trinajstić information content (AvgIpc) is 2.29. The highest BCUT2D eigenvalue weighted by atomic mass is 127. The summed E-state index contributed by atoms with van der Waals surface area (Å²) in [6.45, 7) is 5.61. The summed E-state index contributed by atoms with van der Waals surface area (Å²) in [5, 5.41) is 0. The van der Waals surface area contributed by atoms with Crippen LogP contribution in [0.5, 0.6) is 0 Å². The van der Waals surface area contributed by atoms with Crippen molar-refractivity contribution in [3.8, 4) is 0 Å². The van der Waals surface area contributed by atoms with E-state index in [0.29, 0.717) is 19.0 Å². The summed E-state index contributed by atoms with van der Waals surface area (Å²) in [6.07, 6.45) is 0.318. The number of nitrogens with zero attached hydrogens (tertiary/aromatic N) is 2. The maximum absolute atomic E-state index is 13.6. The van der Waals surface area contributed by atoms with E-state index < -0.39 is 18.3 Å². The van der Waals surface area contributed by atoms with Gasteiger partial charge in [-0.3, -0.25) is 4.90 Å². The zero-order valence-corrected chi connectivity index (χ0v) is 12.4. The lowest BCUT2D eigenvalue weighted by atomic mass is 9.92. The molecule has 2 fully saturated rings. The van der Waals surface area contributed by atoms with Crippen LogP contribution in [0.2, 0.25) is 0 Å². The molecule has 0 aromatic rings. The van der Waals surface area contributed by atoms with Gasteiger partial charge in [0, 0.05) is 61.5 Å². The van der Waals surface area contributed by atoms with Gasteiger partial charge in [0.1, 0.15) is 12.3 Å². The molecule has 0 radical (unpaired) electrons. The first-order valence-electron chi connectivity index (χ1n) is 6.47. The second kappa shape index (κ2) is 6.10. The number of halogens is 3. The molecule has 2 atom stereocenters. The van der Waals surface area contributed by atoms with E-state index in [2.05, 4.69) is 26.0 Å². The maximum atomic E-state index is 13.6. The Hall–Kier alpha value is 0.510. The van der Waals surface area contributed by atoms with E-state index in [4.69, 9.17) is 0 Å². The Morgan fingerprint density at radius 3 is 2.18 bits per heavy atom. The van der Waals surface area contributed by atoms with E-state index >= 15 is 0 Å². The predicted octanol–water partition coefficient (Wildman–Crippen LogP) is 2.68. The van der Waals surface area contributed by atoms with Crippen molar-refractivity contribution in [2.45, 2.75) is 32.1 Å². The van der Waals surface area contributed by atoms with Crippen LogP contribution in [-0.2, 0) is 0 Å². The Bertz CT molecular complexity index is 235. The standard InChI is InChI=1S/C12H21F2IN2/c1-9-11(13)7-16(8-12(9)14)6-10-2-4-17(15)5-3-10/h9-12H,2-8H2,1H3. The summed E-state index contributed by atoms with van der Waals surface area (Å²) in [7, 11) is 0. The lowest BCUT2D eigenvalue weighted by Crippen LogP contribution is -2.49. The Balaban J connectivity index is 1.79. The van der Waals surface area contributed by atoms with E-state index in [0.717, 1.165) is 32.5 Å². The summed E-state index contributed by atoms with van der Waals surface area (Å²) in [6, 6.07) is 0. The van der Waals surface area contributed by atoms with Gasteiger partial charge in [-0.25, -0.2) is 11.9 Å². The SMILES string of the molecule is CC1C(F)CN(CC2CCN(I)CC2)CC1F. The molecule has 0 N–H and O–H groups in total. The molecule has 0 aromatic carbocycles. The van der Waals surface area contributed by atoms with Gasteiger partial charge in [-0.05, 0) is 18.8 Å². The summed E-state index contributed by atoms with van der Waals surface area (Å²) >= 11 is 2.35. The van der Waals surface area contributed by atoms with Crippen molar-refractivity contribution < 1.29 is 8.78 Å². The Kier molecular flexibility index (Phi) is 5.00. The van der Waals surface area contributed by atoms with Gasteiger partial charge in [-0.1, -0.05) is 6.92 Å². The quantitative estimate of drug-likeness (QED) is 0.553. The number of piperidine rings is 2. The lowest BCUT2D eigenvalue weighted by molar-refractivity contribution is 0.0148. The second-order valence-electron chi connectivity index (χ2n) is 5.46. The number of alkyl halides is 2. The molecular formula is C12H21F2IN2. The molecule has 0 spiro atoms. The van der Waals surface area contributed by atoms with Gasteiger partial charge >= 0.3 is 0 Å². The largest absolute Gasteiger partial charge is 0.297 e. The van der Waals surface area contributed by atoms with E-state index in [1.165, 1.54) is 0 Å². The minimum atomic E-state index is -0.997. The first-order chi connectivity index (χ1) is 8.06. The smallest absolute Gasteiger partial charge is 0.118 e. The van der Waals surface area contributed by atoms with E-state index in [1.54, 1.807) is 6.92 Å². The first-order valence-corrected chi connectivity index (χ1v) is 7.44. The van der Waals surface area contributed by atoms with Crippen molar-refractivity contribution in [2.75, 3.05) is 32.7 Å². The molecule has 2 unspecified atom stereocenters. The zero-order chi connectivity index (χ0) is 12.4. The van der Waals surface area contributed by atoms with Crippen LogP contribution in [0.15, 0.2) is 0 Å². The minimum absolute atomic E-state index is 0.423. The topological polar surface area (TPSA) is 6.48 Å². The molecule has 0 bridgehead atoms. The van der Waals surface area contributed by atoms with Crippen molar-refractivity contribution in [3.05, 3.63) is 0 Å². The monoisotopic (exact) mass is 358 g/mol. The molecule has 0 saturated carbocycles. The van der Waals surface area contributed by atoms with Crippen LogP contribution in [-0.4, -0.2) is 53.1 Å². The highest BCUT2D eigenvalue weighted by Crippen LogP contribution is 2.26. The van der Waals surface area contributed by atoms with Crippen LogP contribution in [0.3, 0.4) is 0 Å². The fourth-order valence-electron chi connectivity index (χ4n) is 2.73. The maximum Gasteiger partial charge on any atom is 0.118 e. The molecule has 0 amide bonds. The average molecular weight is 358 g/mol. The summed E-state index contributed by atoms with van der Waals surface area (Å²) in [5.41, 5.74) is 0.